The second kappa shape index (κ2) is 5.35. The van der Waals surface area contributed by atoms with E-state index in [4.69, 9.17) is 5.11 Å². The zero-order valence-electron chi connectivity index (χ0n) is 10.7. The first kappa shape index (κ1) is 13.8. The van der Waals surface area contributed by atoms with Crippen molar-refractivity contribution >= 4 is 12.0 Å². The second-order valence-corrected chi connectivity index (χ2v) is 5.23. The monoisotopic (exact) mass is 243 g/mol. The Morgan fingerprint density at radius 1 is 1.53 bits per heavy atom. The van der Waals surface area contributed by atoms with E-state index in [0.29, 0.717) is 26.2 Å². The van der Waals surface area contributed by atoms with Gasteiger partial charge in [-0.05, 0) is 20.8 Å². The predicted octanol–water partition coefficient (Wildman–Crippen LogP) is 0.197. The van der Waals surface area contributed by atoms with Crippen LogP contribution in [0.2, 0.25) is 0 Å². The third-order valence-electron chi connectivity index (χ3n) is 2.80. The minimum absolute atomic E-state index is 0.00823. The summed E-state index contributed by atoms with van der Waals surface area (Å²) in [4.78, 5) is 25.7. The van der Waals surface area contributed by atoms with Crippen LogP contribution in [0, 0.1) is 0 Å². The molecule has 2 N–H and O–H groups in total. The first-order valence-electron chi connectivity index (χ1n) is 5.80. The highest BCUT2D eigenvalue weighted by atomic mass is 16.4. The van der Waals surface area contributed by atoms with Gasteiger partial charge in [0.05, 0.1) is 6.54 Å². The van der Waals surface area contributed by atoms with Crippen molar-refractivity contribution in [2.24, 2.45) is 0 Å². The van der Waals surface area contributed by atoms with E-state index < -0.39 is 11.6 Å². The molecule has 0 radical (unpaired) electrons. The second-order valence-electron chi connectivity index (χ2n) is 5.23. The van der Waals surface area contributed by atoms with E-state index >= 15 is 0 Å². The Morgan fingerprint density at radius 3 is 2.65 bits per heavy atom. The zero-order valence-corrected chi connectivity index (χ0v) is 10.7. The van der Waals surface area contributed by atoms with Gasteiger partial charge < -0.3 is 15.3 Å². The van der Waals surface area contributed by atoms with Gasteiger partial charge in [0, 0.05) is 31.7 Å². The summed E-state index contributed by atoms with van der Waals surface area (Å²) in [6.45, 7) is 8.39. The summed E-state index contributed by atoms with van der Waals surface area (Å²) < 4.78 is 0. The van der Waals surface area contributed by atoms with Crippen LogP contribution in [-0.2, 0) is 4.79 Å². The largest absolute Gasteiger partial charge is 0.465 e. The lowest BCUT2D eigenvalue weighted by Crippen LogP contribution is -2.52. The van der Waals surface area contributed by atoms with Gasteiger partial charge in [-0.15, -0.1) is 0 Å². The number of rotatable bonds is 3. The number of nitrogens with zero attached hydrogens (tertiary/aromatic N) is 2. The average molecular weight is 243 g/mol. The third kappa shape index (κ3) is 4.22. The van der Waals surface area contributed by atoms with Gasteiger partial charge in [0.2, 0.25) is 5.91 Å². The van der Waals surface area contributed by atoms with Gasteiger partial charge in [-0.2, -0.15) is 0 Å². The van der Waals surface area contributed by atoms with Crippen molar-refractivity contribution in [2.45, 2.75) is 26.3 Å². The Labute approximate surface area is 102 Å². The summed E-state index contributed by atoms with van der Waals surface area (Å²) >= 11 is 0. The maximum absolute atomic E-state index is 11.2. The van der Waals surface area contributed by atoms with E-state index in [1.165, 1.54) is 4.90 Å². The molecule has 1 aliphatic heterocycles. The number of hydrogen-bond donors (Lipinski definition) is 2. The predicted molar refractivity (Wildman–Crippen MR) is 63.9 cm³/mol. The van der Waals surface area contributed by atoms with Crippen LogP contribution in [-0.4, -0.2) is 65.2 Å². The molecule has 1 aliphatic rings. The van der Waals surface area contributed by atoms with Crippen molar-refractivity contribution in [3.63, 3.8) is 0 Å². The van der Waals surface area contributed by atoms with Gasteiger partial charge in [-0.25, -0.2) is 4.79 Å². The van der Waals surface area contributed by atoms with Crippen LogP contribution in [0.3, 0.4) is 0 Å². The zero-order chi connectivity index (χ0) is 13.1. The van der Waals surface area contributed by atoms with Crippen molar-refractivity contribution in [1.82, 2.24) is 15.1 Å². The van der Waals surface area contributed by atoms with E-state index in [-0.39, 0.29) is 5.91 Å². The Kier molecular flexibility index (Phi) is 4.34. The van der Waals surface area contributed by atoms with Crippen LogP contribution in [0.25, 0.3) is 0 Å². The molecular weight excluding hydrogens is 222 g/mol. The van der Waals surface area contributed by atoms with E-state index in [0.717, 1.165) is 6.54 Å². The molecule has 0 spiro atoms. The fraction of sp³-hybridized carbons (Fsp3) is 0.818. The first-order chi connectivity index (χ1) is 7.80. The molecule has 0 aliphatic carbocycles. The molecule has 0 aromatic rings. The minimum Gasteiger partial charge on any atom is -0.465 e. The summed E-state index contributed by atoms with van der Waals surface area (Å²) in [6, 6.07) is 0. The summed E-state index contributed by atoms with van der Waals surface area (Å²) in [7, 11) is 0. The molecule has 1 saturated heterocycles. The summed E-state index contributed by atoms with van der Waals surface area (Å²) in [5.74, 6) is 0.00823. The molecule has 6 heteroatoms. The van der Waals surface area contributed by atoms with Crippen molar-refractivity contribution in [1.29, 1.82) is 0 Å². The summed E-state index contributed by atoms with van der Waals surface area (Å²) in [6.07, 6.45) is -0.918. The highest BCUT2D eigenvalue weighted by Crippen LogP contribution is 2.13. The Hall–Kier alpha value is -1.30. The van der Waals surface area contributed by atoms with Gasteiger partial charge >= 0.3 is 6.09 Å². The van der Waals surface area contributed by atoms with Crippen molar-refractivity contribution in [3.05, 3.63) is 0 Å². The van der Waals surface area contributed by atoms with Gasteiger partial charge in [0.1, 0.15) is 0 Å². The van der Waals surface area contributed by atoms with Crippen LogP contribution >= 0.6 is 0 Å². The lowest BCUT2D eigenvalue weighted by Gasteiger charge is -2.35. The summed E-state index contributed by atoms with van der Waals surface area (Å²) in [5.41, 5.74) is -0.413. The molecule has 2 amide bonds. The maximum Gasteiger partial charge on any atom is 0.407 e. The highest BCUT2D eigenvalue weighted by Gasteiger charge is 2.27. The van der Waals surface area contributed by atoms with Crippen LogP contribution in [0.1, 0.15) is 20.8 Å². The molecule has 1 rings (SSSR count). The van der Waals surface area contributed by atoms with Crippen molar-refractivity contribution in [2.75, 3.05) is 32.7 Å². The Morgan fingerprint density at radius 2 is 2.18 bits per heavy atom. The van der Waals surface area contributed by atoms with E-state index in [1.807, 2.05) is 25.7 Å². The van der Waals surface area contributed by atoms with E-state index in [2.05, 4.69) is 5.32 Å². The maximum atomic E-state index is 11.2. The molecule has 1 heterocycles. The number of nitrogens with one attached hydrogen (secondary N) is 1. The molecule has 17 heavy (non-hydrogen) atoms. The smallest absolute Gasteiger partial charge is 0.407 e. The van der Waals surface area contributed by atoms with Crippen molar-refractivity contribution in [3.8, 4) is 0 Å². The molecule has 1 fully saturated rings. The van der Waals surface area contributed by atoms with Crippen LogP contribution in [0.15, 0.2) is 0 Å². The third-order valence-corrected chi connectivity index (χ3v) is 2.80. The van der Waals surface area contributed by atoms with Gasteiger partial charge in [-0.1, -0.05) is 0 Å². The van der Waals surface area contributed by atoms with Gasteiger partial charge in [0.15, 0.2) is 0 Å². The minimum atomic E-state index is -0.918. The molecule has 0 bridgehead atoms. The first-order valence-corrected chi connectivity index (χ1v) is 5.80. The highest BCUT2D eigenvalue weighted by molar-refractivity contribution is 5.78. The van der Waals surface area contributed by atoms with Crippen LogP contribution in [0.4, 0.5) is 4.79 Å². The summed E-state index contributed by atoms with van der Waals surface area (Å²) in [5, 5.41) is 11.9. The molecule has 0 atom stereocenters. The number of carboxylic acid groups (broad SMARTS) is 1. The number of hydrogen-bond acceptors (Lipinski definition) is 3. The molecule has 0 aromatic carbocycles. The standard InChI is InChI=1S/C11H21N3O3/c1-11(2,3)14(10(16)17)7-6-13-5-4-12-9(15)8-13/h4-8H2,1-3H3,(H,12,15)(H,16,17). The SMILES string of the molecule is CC(C)(C)N(CCN1CCNC(=O)C1)C(=O)O. The Balaban J connectivity index is 2.47. The van der Waals surface area contributed by atoms with Gasteiger partial charge in [-0.3, -0.25) is 9.69 Å². The number of carbonyl (C=O) groups excluding carboxylic acids is 1. The number of carbonyl (C=O) groups is 2. The lowest BCUT2D eigenvalue weighted by atomic mass is 10.1. The lowest BCUT2D eigenvalue weighted by molar-refractivity contribution is -0.124. The van der Waals surface area contributed by atoms with E-state index in [1.54, 1.807) is 0 Å². The van der Waals surface area contributed by atoms with Gasteiger partial charge in [0.25, 0.3) is 0 Å². The average Bonchev–Trinajstić information content (AvgIpc) is 2.15. The molecule has 6 nitrogen and oxygen atoms in total. The molecule has 0 aromatic heterocycles. The molecule has 0 saturated carbocycles. The fourth-order valence-electron chi connectivity index (χ4n) is 1.84. The molecule has 0 unspecified atom stereocenters. The Bertz CT molecular complexity index is 299. The normalized spacial score (nSPS) is 17.7. The topological polar surface area (TPSA) is 72.9 Å². The van der Waals surface area contributed by atoms with Crippen molar-refractivity contribution < 1.29 is 14.7 Å². The molecule has 98 valence electrons. The van der Waals surface area contributed by atoms with Crippen LogP contribution in [0.5, 0.6) is 0 Å². The van der Waals surface area contributed by atoms with E-state index in [9.17, 15) is 9.59 Å². The number of piperazine rings is 1. The number of amides is 2. The molecular formula is C11H21N3O3. The quantitative estimate of drug-likeness (QED) is 0.742. The fourth-order valence-corrected chi connectivity index (χ4v) is 1.84. The van der Waals surface area contributed by atoms with Crippen LogP contribution < -0.4 is 5.32 Å².